The Kier molecular flexibility index (Phi) is 19.1. The quantitative estimate of drug-likeness (QED) is 0.0953. The first-order valence-corrected chi connectivity index (χ1v) is 12.4. The van der Waals surface area contributed by atoms with Crippen molar-refractivity contribution in [2.45, 2.75) is 96.4 Å². The summed E-state index contributed by atoms with van der Waals surface area (Å²) in [5.74, 6) is 0. The number of ether oxygens (including phenoxy) is 1. The number of hydrogen-bond acceptors (Lipinski definition) is 5. The number of unbranched alkanes of at least 4 members (excludes halogenated alkanes) is 8. The second-order valence-corrected chi connectivity index (χ2v) is 8.49. The topological polar surface area (TPSA) is 116 Å². The van der Waals surface area contributed by atoms with Crippen molar-refractivity contribution in [3.05, 3.63) is 24.3 Å². The Morgan fingerprint density at radius 2 is 1.41 bits per heavy atom. The van der Waals surface area contributed by atoms with Gasteiger partial charge in [0.05, 0.1) is 13.2 Å². The van der Waals surface area contributed by atoms with Gasteiger partial charge in [0.1, 0.15) is 6.10 Å². The van der Waals surface area contributed by atoms with Crippen molar-refractivity contribution in [2.75, 3.05) is 13.2 Å². The van der Waals surface area contributed by atoms with E-state index in [2.05, 4.69) is 35.8 Å². The molecule has 0 saturated carbocycles. The van der Waals surface area contributed by atoms with E-state index in [1.165, 1.54) is 32.1 Å². The van der Waals surface area contributed by atoms with Crippen LogP contribution < -0.4 is 0 Å². The Labute approximate surface area is 176 Å². The summed E-state index contributed by atoms with van der Waals surface area (Å²) in [6.07, 6.45) is 19.7. The number of allylic oxidation sites excluding steroid dienone is 4. The maximum Gasteiger partial charge on any atom is 0.469 e. The lowest BCUT2D eigenvalue weighted by atomic mass is 10.1. The van der Waals surface area contributed by atoms with Crippen molar-refractivity contribution >= 4 is 7.82 Å². The molecule has 0 aliphatic rings. The van der Waals surface area contributed by atoms with E-state index >= 15 is 0 Å². The fraction of sp³-hybridized carbons (Fsp3) is 0.810. The lowest BCUT2D eigenvalue weighted by molar-refractivity contribution is -0.129. The van der Waals surface area contributed by atoms with Gasteiger partial charge in [0.25, 0.3) is 0 Å². The van der Waals surface area contributed by atoms with Crippen molar-refractivity contribution in [1.29, 1.82) is 0 Å². The van der Waals surface area contributed by atoms with Crippen LogP contribution in [0.2, 0.25) is 0 Å². The van der Waals surface area contributed by atoms with Crippen molar-refractivity contribution in [2.24, 2.45) is 0 Å². The van der Waals surface area contributed by atoms with Crippen molar-refractivity contribution in [1.82, 2.24) is 0 Å². The van der Waals surface area contributed by atoms with Gasteiger partial charge in [-0.15, -0.1) is 0 Å². The van der Waals surface area contributed by atoms with Crippen LogP contribution >= 0.6 is 7.82 Å². The minimum Gasteiger partial charge on any atom is -0.388 e. The van der Waals surface area contributed by atoms with Crippen molar-refractivity contribution in [3.8, 4) is 0 Å². The fourth-order valence-electron chi connectivity index (χ4n) is 2.67. The summed E-state index contributed by atoms with van der Waals surface area (Å²) in [7, 11) is -4.60. The number of aliphatic hydroxyl groups is 2. The largest absolute Gasteiger partial charge is 0.469 e. The molecule has 0 aliphatic heterocycles. The van der Waals surface area contributed by atoms with Crippen LogP contribution in [0.25, 0.3) is 0 Å². The van der Waals surface area contributed by atoms with Crippen LogP contribution in [0.5, 0.6) is 0 Å². The number of phosphoric ester groups is 1. The average molecular weight is 437 g/mol. The maximum absolute atomic E-state index is 10.5. The second kappa shape index (κ2) is 19.4. The van der Waals surface area contributed by atoms with Crippen LogP contribution in [-0.4, -0.2) is 45.6 Å². The van der Waals surface area contributed by atoms with Gasteiger partial charge in [-0.2, -0.15) is 0 Å². The molecule has 4 N–H and O–H groups in total. The van der Waals surface area contributed by atoms with Crippen molar-refractivity contribution < 1.29 is 33.8 Å². The lowest BCUT2D eigenvalue weighted by Crippen LogP contribution is -2.25. The smallest absolute Gasteiger partial charge is 0.388 e. The highest BCUT2D eigenvalue weighted by atomic mass is 31.2. The Morgan fingerprint density at radius 3 is 2.03 bits per heavy atom. The first-order chi connectivity index (χ1) is 13.8. The third-order valence-electron chi connectivity index (χ3n) is 4.32. The first kappa shape index (κ1) is 28.5. The molecular weight excluding hydrogens is 395 g/mol. The summed E-state index contributed by atoms with van der Waals surface area (Å²) < 4.78 is 19.7. The van der Waals surface area contributed by atoms with Gasteiger partial charge in [-0.3, -0.25) is 4.52 Å². The summed E-state index contributed by atoms with van der Waals surface area (Å²) in [4.78, 5) is 17.1. The fourth-order valence-corrected chi connectivity index (χ4v) is 3.03. The highest BCUT2D eigenvalue weighted by Gasteiger charge is 2.17. The molecule has 0 rings (SSSR count). The summed E-state index contributed by atoms with van der Waals surface area (Å²) in [5.41, 5.74) is 0. The zero-order valence-corrected chi connectivity index (χ0v) is 18.7. The molecule has 0 amide bonds. The Bertz CT molecular complexity index is 462. The van der Waals surface area contributed by atoms with Gasteiger partial charge < -0.3 is 24.7 Å². The molecule has 2 atom stereocenters. The van der Waals surface area contributed by atoms with Crippen LogP contribution in [0.4, 0.5) is 0 Å². The van der Waals surface area contributed by atoms with Crippen LogP contribution in [0, 0.1) is 0 Å². The van der Waals surface area contributed by atoms with Gasteiger partial charge in [-0.1, -0.05) is 63.3 Å². The molecule has 1 unspecified atom stereocenters. The van der Waals surface area contributed by atoms with Crippen LogP contribution in [0.1, 0.15) is 84.0 Å². The van der Waals surface area contributed by atoms with Crippen LogP contribution in [-0.2, 0) is 13.8 Å². The van der Waals surface area contributed by atoms with Crippen LogP contribution in [0.15, 0.2) is 24.3 Å². The summed E-state index contributed by atoms with van der Waals surface area (Å²) in [5, 5.41) is 19.1. The summed E-state index contributed by atoms with van der Waals surface area (Å²) in [6, 6.07) is 0. The van der Waals surface area contributed by atoms with E-state index in [1.807, 2.05) is 0 Å². The minimum absolute atomic E-state index is 0.235. The summed E-state index contributed by atoms with van der Waals surface area (Å²) in [6.45, 7) is 1.44. The third kappa shape index (κ3) is 23.6. The zero-order chi connectivity index (χ0) is 21.8. The molecule has 0 aromatic carbocycles. The highest BCUT2D eigenvalue weighted by Crippen LogP contribution is 2.35. The van der Waals surface area contributed by atoms with Gasteiger partial charge in [-0.25, -0.2) is 4.57 Å². The third-order valence-corrected chi connectivity index (χ3v) is 4.80. The predicted octanol–water partition coefficient (Wildman–Crippen LogP) is 4.61. The lowest BCUT2D eigenvalue weighted by Gasteiger charge is -2.15. The SMILES string of the molecule is CCCCCC=CCC=CCCCCCCCC(O)OC[C@@H](O)COP(=O)(O)O. The van der Waals surface area contributed by atoms with Gasteiger partial charge in [-0.05, 0) is 44.9 Å². The number of aliphatic hydroxyl groups excluding tert-OH is 2. The molecular formula is C21H41O7P. The molecule has 0 aromatic rings. The molecule has 0 aromatic heterocycles. The number of rotatable bonds is 20. The maximum atomic E-state index is 10.5. The molecule has 7 nitrogen and oxygen atoms in total. The molecule has 0 fully saturated rings. The first-order valence-electron chi connectivity index (χ1n) is 10.8. The molecule has 0 heterocycles. The zero-order valence-electron chi connectivity index (χ0n) is 17.8. The van der Waals surface area contributed by atoms with E-state index in [1.54, 1.807) is 0 Å². The molecule has 8 heteroatoms. The normalized spacial score (nSPS) is 14.8. The Morgan fingerprint density at radius 1 is 0.828 bits per heavy atom. The monoisotopic (exact) mass is 436 g/mol. The minimum atomic E-state index is -4.60. The predicted molar refractivity (Wildman–Crippen MR) is 115 cm³/mol. The van der Waals surface area contributed by atoms with E-state index in [0.717, 1.165) is 38.5 Å². The van der Waals surface area contributed by atoms with Gasteiger partial charge in [0.2, 0.25) is 0 Å². The van der Waals surface area contributed by atoms with Gasteiger partial charge in [0.15, 0.2) is 6.29 Å². The molecule has 0 radical (unpaired) electrons. The Balaban J connectivity index is 3.43. The van der Waals surface area contributed by atoms with Gasteiger partial charge >= 0.3 is 7.82 Å². The Hall–Kier alpha value is -0.530. The average Bonchev–Trinajstić information content (AvgIpc) is 2.67. The molecule has 172 valence electrons. The van der Waals surface area contributed by atoms with Gasteiger partial charge in [0, 0.05) is 0 Å². The molecule has 0 aliphatic carbocycles. The van der Waals surface area contributed by atoms with E-state index in [0.29, 0.717) is 6.42 Å². The molecule has 0 bridgehead atoms. The summed E-state index contributed by atoms with van der Waals surface area (Å²) >= 11 is 0. The number of phosphoric acid groups is 1. The molecule has 29 heavy (non-hydrogen) atoms. The standard InChI is InChI=1S/C21H41O7P/c1-2-3-4-5-6-7-8-9-10-11-12-13-14-15-16-17-21(23)27-18-20(22)19-28-29(24,25)26/h6-7,9-10,20-23H,2-5,8,11-19H2,1H3,(H2,24,25,26)/t20-,21?/m1/s1. The molecule has 0 saturated heterocycles. The van der Waals surface area contributed by atoms with E-state index in [-0.39, 0.29) is 6.61 Å². The second-order valence-electron chi connectivity index (χ2n) is 7.25. The number of hydrogen-bond donors (Lipinski definition) is 4. The highest BCUT2D eigenvalue weighted by molar-refractivity contribution is 7.46. The molecule has 0 spiro atoms. The van der Waals surface area contributed by atoms with E-state index in [9.17, 15) is 14.8 Å². The van der Waals surface area contributed by atoms with E-state index < -0.39 is 26.8 Å². The van der Waals surface area contributed by atoms with Crippen LogP contribution in [0.3, 0.4) is 0 Å². The van der Waals surface area contributed by atoms with Crippen molar-refractivity contribution in [3.63, 3.8) is 0 Å². The van der Waals surface area contributed by atoms with E-state index in [4.69, 9.17) is 14.5 Å².